The second kappa shape index (κ2) is 3.96. The zero-order valence-corrected chi connectivity index (χ0v) is 8.21. The largest absolute Gasteiger partial charge is 0.294 e. The molecule has 2 heterocycles. The summed E-state index contributed by atoms with van der Waals surface area (Å²) in [5.41, 5.74) is 2.02. The van der Waals surface area contributed by atoms with E-state index in [0.29, 0.717) is 11.3 Å². The van der Waals surface area contributed by atoms with Crippen LogP contribution in [0.25, 0.3) is 11.3 Å². The summed E-state index contributed by atoms with van der Waals surface area (Å²) in [6.07, 6.45) is 8.00. The summed E-state index contributed by atoms with van der Waals surface area (Å²) in [4.78, 5) is 23.4. The minimum Gasteiger partial charge on any atom is -0.294 e. The van der Waals surface area contributed by atoms with Crippen LogP contribution in [-0.2, 0) is 0 Å². The lowest BCUT2D eigenvalue weighted by Gasteiger charge is -2.03. The third-order valence-electron chi connectivity index (χ3n) is 2.04. The van der Waals surface area contributed by atoms with Crippen molar-refractivity contribution in [3.8, 4) is 11.3 Å². The molecule has 0 bridgehead atoms. The number of hydrogen-bond donors (Lipinski definition) is 0. The van der Waals surface area contributed by atoms with Crippen LogP contribution < -0.4 is 0 Å². The van der Waals surface area contributed by atoms with Gasteiger partial charge in [-0.05, 0) is 13.0 Å². The molecule has 0 aromatic carbocycles. The molecule has 15 heavy (non-hydrogen) atoms. The molecule has 0 saturated heterocycles. The molecule has 2 aromatic heterocycles. The first-order valence-electron chi connectivity index (χ1n) is 4.50. The lowest BCUT2D eigenvalue weighted by atomic mass is 10.1. The standard InChI is InChI=1S/C11H9N3O/c1-8(15)10-6-12-3-2-9(10)11-7-13-4-5-14-11/h2-7H,1H3. The number of nitrogens with zero attached hydrogens (tertiary/aromatic N) is 3. The number of Topliss-reactive ketones (excluding diaryl/α,β-unsaturated/α-hetero) is 1. The number of pyridine rings is 1. The monoisotopic (exact) mass is 199 g/mol. The zero-order chi connectivity index (χ0) is 10.7. The highest BCUT2D eigenvalue weighted by Crippen LogP contribution is 2.19. The van der Waals surface area contributed by atoms with Crippen LogP contribution >= 0.6 is 0 Å². The summed E-state index contributed by atoms with van der Waals surface area (Å²) >= 11 is 0. The van der Waals surface area contributed by atoms with E-state index in [-0.39, 0.29) is 5.78 Å². The molecule has 4 heteroatoms. The van der Waals surface area contributed by atoms with Gasteiger partial charge in [0, 0.05) is 35.9 Å². The Labute approximate surface area is 87.0 Å². The molecular formula is C11H9N3O. The van der Waals surface area contributed by atoms with E-state index >= 15 is 0 Å². The molecule has 4 nitrogen and oxygen atoms in total. The van der Waals surface area contributed by atoms with Crippen LogP contribution in [0.1, 0.15) is 17.3 Å². The van der Waals surface area contributed by atoms with Gasteiger partial charge in [-0.15, -0.1) is 0 Å². The molecule has 0 radical (unpaired) electrons. The van der Waals surface area contributed by atoms with Gasteiger partial charge in [-0.1, -0.05) is 0 Å². The molecular weight excluding hydrogens is 190 g/mol. The average Bonchev–Trinajstić information content (AvgIpc) is 2.30. The van der Waals surface area contributed by atoms with Gasteiger partial charge < -0.3 is 0 Å². The fourth-order valence-corrected chi connectivity index (χ4v) is 1.34. The van der Waals surface area contributed by atoms with Gasteiger partial charge in [0.25, 0.3) is 0 Å². The van der Waals surface area contributed by atoms with Crippen molar-refractivity contribution in [1.29, 1.82) is 0 Å². The topological polar surface area (TPSA) is 55.7 Å². The number of carbonyl (C=O) groups excluding carboxylic acids is 1. The number of rotatable bonds is 2. The first-order chi connectivity index (χ1) is 7.29. The van der Waals surface area contributed by atoms with E-state index in [2.05, 4.69) is 15.0 Å². The predicted molar refractivity (Wildman–Crippen MR) is 55.3 cm³/mol. The quantitative estimate of drug-likeness (QED) is 0.691. The van der Waals surface area contributed by atoms with Gasteiger partial charge in [-0.2, -0.15) is 0 Å². The van der Waals surface area contributed by atoms with Crippen molar-refractivity contribution >= 4 is 5.78 Å². The van der Waals surface area contributed by atoms with Crippen LogP contribution in [0.15, 0.2) is 37.1 Å². The fourth-order valence-electron chi connectivity index (χ4n) is 1.34. The molecule has 0 saturated carbocycles. The van der Waals surface area contributed by atoms with Crippen molar-refractivity contribution in [3.63, 3.8) is 0 Å². The van der Waals surface area contributed by atoms with Gasteiger partial charge in [0.2, 0.25) is 0 Å². The van der Waals surface area contributed by atoms with Crippen LogP contribution in [0.5, 0.6) is 0 Å². The van der Waals surface area contributed by atoms with E-state index in [9.17, 15) is 4.79 Å². The predicted octanol–water partition coefficient (Wildman–Crippen LogP) is 1.74. The van der Waals surface area contributed by atoms with Crippen LogP contribution in [0, 0.1) is 0 Å². The number of hydrogen-bond acceptors (Lipinski definition) is 4. The van der Waals surface area contributed by atoms with Crippen molar-refractivity contribution in [2.45, 2.75) is 6.92 Å². The second-order valence-corrected chi connectivity index (χ2v) is 3.07. The molecule has 0 amide bonds. The maximum absolute atomic E-state index is 11.4. The van der Waals surface area contributed by atoms with Gasteiger partial charge >= 0.3 is 0 Å². The Bertz CT molecular complexity index is 482. The molecule has 0 aliphatic rings. The van der Waals surface area contributed by atoms with Gasteiger partial charge in [0.15, 0.2) is 5.78 Å². The van der Waals surface area contributed by atoms with Crippen molar-refractivity contribution in [2.75, 3.05) is 0 Å². The van der Waals surface area contributed by atoms with E-state index in [1.54, 1.807) is 37.1 Å². The summed E-state index contributed by atoms with van der Waals surface area (Å²) in [6.45, 7) is 1.51. The van der Waals surface area contributed by atoms with Crippen molar-refractivity contribution < 1.29 is 4.79 Å². The molecule has 0 aliphatic carbocycles. The Morgan fingerprint density at radius 3 is 2.60 bits per heavy atom. The molecule has 0 spiro atoms. The van der Waals surface area contributed by atoms with Gasteiger partial charge in [-0.25, -0.2) is 0 Å². The normalized spacial score (nSPS) is 9.93. The first kappa shape index (κ1) is 9.45. The van der Waals surface area contributed by atoms with Crippen LogP contribution in [-0.4, -0.2) is 20.7 Å². The molecule has 0 aliphatic heterocycles. The summed E-state index contributed by atoms with van der Waals surface area (Å²) in [5, 5.41) is 0. The molecule has 0 unspecified atom stereocenters. The van der Waals surface area contributed by atoms with Crippen LogP contribution in [0.2, 0.25) is 0 Å². The van der Waals surface area contributed by atoms with Crippen LogP contribution in [0.4, 0.5) is 0 Å². The van der Waals surface area contributed by atoms with Crippen molar-refractivity contribution in [3.05, 3.63) is 42.6 Å². The van der Waals surface area contributed by atoms with Crippen LogP contribution in [0.3, 0.4) is 0 Å². The highest BCUT2D eigenvalue weighted by molar-refractivity contribution is 5.99. The van der Waals surface area contributed by atoms with Gasteiger partial charge in [0.1, 0.15) is 0 Å². The molecule has 0 atom stereocenters. The molecule has 74 valence electrons. The Morgan fingerprint density at radius 1 is 1.13 bits per heavy atom. The molecule has 2 rings (SSSR count). The Hall–Kier alpha value is -2.10. The maximum atomic E-state index is 11.4. The average molecular weight is 199 g/mol. The van der Waals surface area contributed by atoms with E-state index < -0.39 is 0 Å². The Morgan fingerprint density at radius 2 is 1.93 bits per heavy atom. The fraction of sp³-hybridized carbons (Fsp3) is 0.0909. The maximum Gasteiger partial charge on any atom is 0.162 e. The number of aromatic nitrogens is 3. The number of ketones is 1. The lowest BCUT2D eigenvalue weighted by Crippen LogP contribution is -1.98. The third kappa shape index (κ3) is 1.88. The van der Waals surface area contributed by atoms with E-state index in [0.717, 1.165) is 5.56 Å². The highest BCUT2D eigenvalue weighted by Gasteiger charge is 2.09. The molecule has 0 fully saturated rings. The zero-order valence-electron chi connectivity index (χ0n) is 8.21. The minimum absolute atomic E-state index is 0.0243. The summed E-state index contributed by atoms with van der Waals surface area (Å²) < 4.78 is 0. The SMILES string of the molecule is CC(=O)c1cnccc1-c1cnccn1. The molecule has 2 aromatic rings. The van der Waals surface area contributed by atoms with E-state index in [1.807, 2.05) is 0 Å². The smallest absolute Gasteiger partial charge is 0.162 e. The van der Waals surface area contributed by atoms with E-state index in [1.165, 1.54) is 6.92 Å². The van der Waals surface area contributed by atoms with Gasteiger partial charge in [-0.3, -0.25) is 19.7 Å². The Balaban J connectivity index is 2.58. The first-order valence-corrected chi connectivity index (χ1v) is 4.50. The Kier molecular flexibility index (Phi) is 2.49. The second-order valence-electron chi connectivity index (χ2n) is 3.07. The number of carbonyl (C=O) groups is 1. The highest BCUT2D eigenvalue weighted by atomic mass is 16.1. The lowest BCUT2D eigenvalue weighted by molar-refractivity contribution is 0.101. The van der Waals surface area contributed by atoms with Crippen molar-refractivity contribution in [1.82, 2.24) is 15.0 Å². The summed E-state index contributed by atoms with van der Waals surface area (Å²) in [6, 6.07) is 1.76. The van der Waals surface area contributed by atoms with Crippen molar-refractivity contribution in [2.24, 2.45) is 0 Å². The third-order valence-corrected chi connectivity index (χ3v) is 2.04. The summed E-state index contributed by atoms with van der Waals surface area (Å²) in [5.74, 6) is -0.0243. The van der Waals surface area contributed by atoms with Gasteiger partial charge in [0.05, 0.1) is 11.9 Å². The minimum atomic E-state index is -0.0243. The molecule has 0 N–H and O–H groups in total. The summed E-state index contributed by atoms with van der Waals surface area (Å²) in [7, 11) is 0. The van der Waals surface area contributed by atoms with E-state index in [4.69, 9.17) is 0 Å².